The van der Waals surface area contributed by atoms with Crippen molar-refractivity contribution < 1.29 is 9.00 Å². The summed E-state index contributed by atoms with van der Waals surface area (Å²) >= 11 is 0. The Kier molecular flexibility index (Phi) is 4.50. The van der Waals surface area contributed by atoms with Gasteiger partial charge in [-0.1, -0.05) is 42.8 Å². The van der Waals surface area contributed by atoms with Crippen molar-refractivity contribution in [2.75, 3.05) is 0 Å². The summed E-state index contributed by atoms with van der Waals surface area (Å²) in [5.41, 5.74) is 1.98. The second kappa shape index (κ2) is 6.14. The first kappa shape index (κ1) is 14.7. The molecule has 2 aromatic carbocycles. The van der Waals surface area contributed by atoms with Gasteiger partial charge in [0, 0.05) is 15.7 Å². The Hall–Kier alpha value is -1.74. The van der Waals surface area contributed by atoms with Gasteiger partial charge in [0.15, 0.2) is 0 Å². The van der Waals surface area contributed by atoms with Gasteiger partial charge in [0.2, 0.25) is 0 Å². The Morgan fingerprint density at radius 3 is 2.25 bits per heavy atom. The molecular formula is C17H18O2S. The van der Waals surface area contributed by atoms with Crippen molar-refractivity contribution in [1.29, 1.82) is 0 Å². The first-order valence-electron chi connectivity index (χ1n) is 6.58. The Labute approximate surface area is 122 Å². The van der Waals surface area contributed by atoms with E-state index in [1.165, 1.54) is 0 Å². The van der Waals surface area contributed by atoms with Crippen LogP contribution in [0.25, 0.3) is 0 Å². The van der Waals surface area contributed by atoms with Gasteiger partial charge in [-0.25, -0.2) is 4.21 Å². The van der Waals surface area contributed by atoms with Crippen molar-refractivity contribution >= 4 is 16.6 Å². The van der Waals surface area contributed by atoms with Crippen LogP contribution in [0.3, 0.4) is 0 Å². The third-order valence-electron chi connectivity index (χ3n) is 3.43. The van der Waals surface area contributed by atoms with Gasteiger partial charge in [-0.15, -0.1) is 0 Å². The standard InChI is InChI=1S/C17H18O2S/c1-12-8-10-15(11-9-12)20(19)17-7-5-4-6-16(17)13(2)14(3)18/h4-11,13H,1-3H3/t13-,20?/m0/s1. The van der Waals surface area contributed by atoms with E-state index in [0.717, 1.165) is 20.9 Å². The molecule has 3 heteroatoms. The molecule has 0 spiro atoms. The zero-order chi connectivity index (χ0) is 14.7. The topological polar surface area (TPSA) is 34.1 Å². The number of hydrogen-bond acceptors (Lipinski definition) is 2. The number of aryl methyl sites for hydroxylation is 1. The molecule has 0 aliphatic rings. The third kappa shape index (κ3) is 3.05. The smallest absolute Gasteiger partial charge is 0.137 e. The van der Waals surface area contributed by atoms with Crippen LogP contribution in [0.5, 0.6) is 0 Å². The lowest BCUT2D eigenvalue weighted by molar-refractivity contribution is -0.118. The molecule has 2 atom stereocenters. The fourth-order valence-corrected chi connectivity index (χ4v) is 3.31. The predicted molar refractivity (Wildman–Crippen MR) is 81.4 cm³/mol. The highest BCUT2D eigenvalue weighted by atomic mass is 32.2. The molecule has 0 aliphatic carbocycles. The summed E-state index contributed by atoms with van der Waals surface area (Å²) in [4.78, 5) is 13.1. The normalized spacial score (nSPS) is 13.8. The molecule has 0 fully saturated rings. The van der Waals surface area contributed by atoms with Crippen LogP contribution >= 0.6 is 0 Å². The maximum absolute atomic E-state index is 12.7. The average Bonchev–Trinajstić information content (AvgIpc) is 2.46. The Morgan fingerprint density at radius 1 is 1.05 bits per heavy atom. The second-order valence-corrected chi connectivity index (χ2v) is 6.40. The average molecular weight is 286 g/mol. The van der Waals surface area contributed by atoms with Crippen molar-refractivity contribution in [3.8, 4) is 0 Å². The Morgan fingerprint density at radius 2 is 1.65 bits per heavy atom. The largest absolute Gasteiger partial charge is 0.299 e. The van der Waals surface area contributed by atoms with Crippen LogP contribution in [0.4, 0.5) is 0 Å². The minimum absolute atomic E-state index is 0.0818. The van der Waals surface area contributed by atoms with Gasteiger partial charge in [0.1, 0.15) is 5.78 Å². The maximum Gasteiger partial charge on any atom is 0.137 e. The lowest BCUT2D eigenvalue weighted by Gasteiger charge is -2.13. The van der Waals surface area contributed by atoms with Crippen molar-refractivity contribution in [3.05, 3.63) is 59.7 Å². The van der Waals surface area contributed by atoms with E-state index < -0.39 is 10.8 Å². The number of carbonyl (C=O) groups is 1. The van der Waals surface area contributed by atoms with Crippen molar-refractivity contribution in [2.45, 2.75) is 36.5 Å². The summed E-state index contributed by atoms with van der Waals surface area (Å²) in [6.07, 6.45) is 0. The van der Waals surface area contributed by atoms with Gasteiger partial charge in [-0.3, -0.25) is 4.79 Å². The number of ketones is 1. The van der Waals surface area contributed by atoms with Crippen molar-refractivity contribution in [1.82, 2.24) is 0 Å². The second-order valence-electron chi connectivity index (χ2n) is 4.95. The zero-order valence-corrected chi connectivity index (χ0v) is 12.7. The van der Waals surface area contributed by atoms with Gasteiger partial charge in [-0.2, -0.15) is 0 Å². The fraction of sp³-hybridized carbons (Fsp3) is 0.235. The lowest BCUT2D eigenvalue weighted by atomic mass is 9.98. The summed E-state index contributed by atoms with van der Waals surface area (Å²) < 4.78 is 12.7. The van der Waals surface area contributed by atoms with Crippen LogP contribution in [0.2, 0.25) is 0 Å². The molecule has 0 saturated heterocycles. The van der Waals surface area contributed by atoms with Gasteiger partial charge in [-0.05, 0) is 37.6 Å². The molecule has 0 saturated carbocycles. The third-order valence-corrected chi connectivity index (χ3v) is 4.90. The number of carbonyl (C=O) groups excluding carboxylic acids is 1. The lowest BCUT2D eigenvalue weighted by Crippen LogP contribution is -2.08. The number of hydrogen-bond donors (Lipinski definition) is 0. The first-order valence-corrected chi connectivity index (χ1v) is 7.73. The van der Waals surface area contributed by atoms with Gasteiger partial charge in [0.05, 0.1) is 10.8 Å². The molecule has 0 aliphatic heterocycles. The molecule has 0 bridgehead atoms. The minimum atomic E-state index is -1.26. The summed E-state index contributed by atoms with van der Waals surface area (Å²) in [6, 6.07) is 15.1. The number of benzene rings is 2. The van der Waals surface area contributed by atoms with E-state index in [-0.39, 0.29) is 11.7 Å². The molecule has 2 nitrogen and oxygen atoms in total. The van der Waals surface area contributed by atoms with E-state index in [4.69, 9.17) is 0 Å². The van der Waals surface area contributed by atoms with E-state index >= 15 is 0 Å². The van der Waals surface area contributed by atoms with Crippen molar-refractivity contribution in [3.63, 3.8) is 0 Å². The molecule has 2 rings (SSSR count). The molecule has 0 radical (unpaired) electrons. The van der Waals surface area contributed by atoms with Crippen LogP contribution in [-0.2, 0) is 15.6 Å². The van der Waals surface area contributed by atoms with Gasteiger partial charge in [0.25, 0.3) is 0 Å². The highest BCUT2D eigenvalue weighted by Gasteiger charge is 2.18. The van der Waals surface area contributed by atoms with Crippen LogP contribution in [0.15, 0.2) is 58.3 Å². The highest BCUT2D eigenvalue weighted by Crippen LogP contribution is 2.26. The monoisotopic (exact) mass is 286 g/mol. The molecule has 2 aromatic rings. The Bertz CT molecular complexity index is 644. The molecule has 20 heavy (non-hydrogen) atoms. The SMILES string of the molecule is CC(=O)[C@H](C)c1ccccc1S(=O)c1ccc(C)cc1. The molecule has 104 valence electrons. The van der Waals surface area contributed by atoms with E-state index in [0.29, 0.717) is 0 Å². The van der Waals surface area contributed by atoms with Crippen LogP contribution < -0.4 is 0 Å². The molecule has 0 amide bonds. The summed E-state index contributed by atoms with van der Waals surface area (Å²) in [6.45, 7) is 5.42. The molecule has 1 unspecified atom stereocenters. The molecular weight excluding hydrogens is 268 g/mol. The van der Waals surface area contributed by atoms with Gasteiger partial charge < -0.3 is 0 Å². The summed E-state index contributed by atoms with van der Waals surface area (Å²) in [5.74, 6) is -0.154. The molecule has 0 heterocycles. The Balaban J connectivity index is 2.45. The minimum Gasteiger partial charge on any atom is -0.299 e. The van der Waals surface area contributed by atoms with Crippen LogP contribution in [0.1, 0.15) is 30.9 Å². The first-order chi connectivity index (χ1) is 9.50. The van der Waals surface area contributed by atoms with E-state index in [1.807, 2.05) is 62.4 Å². The zero-order valence-electron chi connectivity index (χ0n) is 11.9. The summed E-state index contributed by atoms with van der Waals surface area (Å²) in [5, 5.41) is 0. The molecule has 0 aromatic heterocycles. The van der Waals surface area contributed by atoms with E-state index in [1.54, 1.807) is 6.92 Å². The van der Waals surface area contributed by atoms with E-state index in [9.17, 15) is 9.00 Å². The predicted octanol–water partition coefficient (Wildman–Crippen LogP) is 3.85. The quantitative estimate of drug-likeness (QED) is 0.855. The maximum atomic E-state index is 12.7. The van der Waals surface area contributed by atoms with Crippen LogP contribution in [0, 0.1) is 6.92 Å². The van der Waals surface area contributed by atoms with Crippen molar-refractivity contribution in [2.24, 2.45) is 0 Å². The summed E-state index contributed by atoms with van der Waals surface area (Å²) in [7, 11) is -1.26. The van der Waals surface area contributed by atoms with Crippen LogP contribution in [-0.4, -0.2) is 9.99 Å². The molecule has 0 N–H and O–H groups in total. The van der Waals surface area contributed by atoms with E-state index in [2.05, 4.69) is 0 Å². The highest BCUT2D eigenvalue weighted by molar-refractivity contribution is 7.85. The van der Waals surface area contributed by atoms with Gasteiger partial charge >= 0.3 is 0 Å². The number of rotatable bonds is 4. The number of Topliss-reactive ketones (excluding diaryl/α,β-unsaturated/α-hetero) is 1. The fourth-order valence-electron chi connectivity index (χ4n) is 2.01.